The third kappa shape index (κ3) is 6.16. The second-order valence-electron chi connectivity index (χ2n) is 9.28. The van der Waals surface area contributed by atoms with E-state index in [1.54, 1.807) is 25.3 Å². The molecule has 3 heterocycles. The van der Waals surface area contributed by atoms with Crippen molar-refractivity contribution in [3.63, 3.8) is 0 Å². The van der Waals surface area contributed by atoms with Crippen LogP contribution in [-0.2, 0) is 11.3 Å². The van der Waals surface area contributed by atoms with Gasteiger partial charge in [-0.15, -0.1) is 0 Å². The maximum absolute atomic E-state index is 13.3. The van der Waals surface area contributed by atoms with Crippen molar-refractivity contribution in [2.45, 2.75) is 32.5 Å². The fourth-order valence-electron chi connectivity index (χ4n) is 4.44. The summed E-state index contributed by atoms with van der Waals surface area (Å²) in [6, 6.07) is 10.2. The van der Waals surface area contributed by atoms with Crippen LogP contribution in [0.2, 0.25) is 0 Å². The lowest BCUT2D eigenvalue weighted by molar-refractivity contribution is -0.123. The highest BCUT2D eigenvalue weighted by atomic mass is 16.5. The summed E-state index contributed by atoms with van der Waals surface area (Å²) < 4.78 is 22.9. The van der Waals surface area contributed by atoms with Gasteiger partial charge >= 0.3 is 0 Å². The fourth-order valence-corrected chi connectivity index (χ4v) is 4.44. The predicted molar refractivity (Wildman–Crippen MR) is 130 cm³/mol. The van der Waals surface area contributed by atoms with Gasteiger partial charge in [0.1, 0.15) is 29.1 Å². The molecule has 0 spiro atoms. The summed E-state index contributed by atoms with van der Waals surface area (Å²) in [6.45, 7) is 6.70. The Balaban J connectivity index is 1.67. The molecular formula is C26H33N3O6. The van der Waals surface area contributed by atoms with Gasteiger partial charge < -0.3 is 29.6 Å². The highest BCUT2D eigenvalue weighted by molar-refractivity contribution is 5.95. The Morgan fingerprint density at radius 3 is 2.63 bits per heavy atom. The number of hydrogen-bond acceptors (Lipinski definition) is 7. The molecule has 2 aromatic rings. The smallest absolute Gasteiger partial charge is 0.258 e. The lowest BCUT2D eigenvalue weighted by atomic mass is 10.1. The molecule has 5 rings (SSSR count). The number of nitrogens with one attached hydrogen (secondary N) is 2. The molecule has 2 N–H and O–H groups in total. The van der Waals surface area contributed by atoms with Crippen LogP contribution in [0.1, 0.15) is 29.8 Å². The van der Waals surface area contributed by atoms with E-state index in [0.717, 1.165) is 12.1 Å². The summed E-state index contributed by atoms with van der Waals surface area (Å²) in [5.41, 5.74) is 1.20. The molecule has 1 fully saturated rings. The van der Waals surface area contributed by atoms with Gasteiger partial charge in [-0.3, -0.25) is 14.5 Å². The Morgan fingerprint density at radius 2 is 1.89 bits per heavy atom. The van der Waals surface area contributed by atoms with E-state index >= 15 is 0 Å². The van der Waals surface area contributed by atoms with Gasteiger partial charge in [0.15, 0.2) is 6.61 Å². The predicted octanol–water partition coefficient (Wildman–Crippen LogP) is 2.23. The topological polar surface area (TPSA) is 98.4 Å². The van der Waals surface area contributed by atoms with E-state index in [0.29, 0.717) is 47.6 Å². The number of amides is 2. The number of nitrogens with zero attached hydrogens (tertiary/aromatic N) is 1. The molecule has 35 heavy (non-hydrogen) atoms. The average Bonchev–Trinajstić information content (AvgIpc) is 3.20. The van der Waals surface area contributed by atoms with Crippen molar-refractivity contribution in [1.82, 2.24) is 15.5 Å². The molecule has 0 radical (unpaired) electrons. The molecule has 9 heteroatoms. The van der Waals surface area contributed by atoms with Crippen molar-refractivity contribution in [2.75, 3.05) is 40.5 Å². The van der Waals surface area contributed by atoms with E-state index in [9.17, 15) is 9.59 Å². The van der Waals surface area contributed by atoms with Crippen LogP contribution in [0.25, 0.3) is 0 Å². The Kier molecular flexibility index (Phi) is 7.65. The van der Waals surface area contributed by atoms with E-state index in [-0.39, 0.29) is 37.1 Å². The molecule has 9 nitrogen and oxygen atoms in total. The number of carbonyl (C=O) groups excluding carboxylic acids is 2. The number of fused-ring (bicyclic) bond motifs is 7. The van der Waals surface area contributed by atoms with Crippen LogP contribution in [0, 0.1) is 5.92 Å². The number of carbonyl (C=O) groups is 2. The summed E-state index contributed by atoms with van der Waals surface area (Å²) in [5.74, 6) is 2.02. The minimum atomic E-state index is -0.301. The van der Waals surface area contributed by atoms with Gasteiger partial charge in [-0.25, -0.2) is 0 Å². The Bertz CT molecular complexity index is 1070. The summed E-state index contributed by atoms with van der Waals surface area (Å²) in [5, 5.41) is 5.97. The van der Waals surface area contributed by atoms with Crippen LogP contribution >= 0.6 is 0 Å². The van der Waals surface area contributed by atoms with Crippen LogP contribution in [0.15, 0.2) is 36.4 Å². The normalized spacial score (nSPS) is 20.8. The minimum absolute atomic E-state index is 0.202. The second-order valence-corrected chi connectivity index (χ2v) is 9.28. The zero-order chi connectivity index (χ0) is 24.9. The Hall–Kier alpha value is -3.46. The summed E-state index contributed by atoms with van der Waals surface area (Å²) >= 11 is 0. The maximum atomic E-state index is 13.3. The second kappa shape index (κ2) is 10.9. The zero-order valence-electron chi connectivity index (χ0n) is 20.6. The number of ether oxygens (including phenoxy) is 4. The molecule has 2 aromatic carbocycles. The van der Waals surface area contributed by atoms with Crippen LogP contribution in [0.5, 0.6) is 23.0 Å². The van der Waals surface area contributed by atoms with Crippen LogP contribution in [0.3, 0.4) is 0 Å². The fraction of sp³-hybridized carbons (Fsp3) is 0.462. The highest BCUT2D eigenvalue weighted by Gasteiger charge is 2.36. The van der Waals surface area contributed by atoms with Crippen molar-refractivity contribution in [3.05, 3.63) is 47.5 Å². The van der Waals surface area contributed by atoms with E-state index in [4.69, 9.17) is 18.9 Å². The van der Waals surface area contributed by atoms with Crippen LogP contribution in [-0.4, -0.2) is 69.3 Å². The number of methoxy groups -OCH3 is 2. The average molecular weight is 484 g/mol. The van der Waals surface area contributed by atoms with Crippen molar-refractivity contribution in [2.24, 2.45) is 5.92 Å². The first kappa shape index (κ1) is 24.7. The van der Waals surface area contributed by atoms with Gasteiger partial charge in [-0.1, -0.05) is 13.8 Å². The van der Waals surface area contributed by atoms with E-state index in [1.807, 2.05) is 18.2 Å². The monoisotopic (exact) mass is 483 g/mol. The summed E-state index contributed by atoms with van der Waals surface area (Å²) in [6.07, 6.45) is -0.245. The van der Waals surface area contributed by atoms with E-state index < -0.39 is 0 Å². The Morgan fingerprint density at radius 1 is 1.06 bits per heavy atom. The lowest BCUT2D eigenvalue weighted by Gasteiger charge is -2.22. The first-order chi connectivity index (χ1) is 16.8. The summed E-state index contributed by atoms with van der Waals surface area (Å²) in [7, 11) is 3.10. The summed E-state index contributed by atoms with van der Waals surface area (Å²) in [4.78, 5) is 27.9. The van der Waals surface area contributed by atoms with E-state index in [2.05, 4.69) is 29.4 Å². The molecule has 2 atom stereocenters. The van der Waals surface area contributed by atoms with Crippen LogP contribution < -0.4 is 29.6 Å². The quantitative estimate of drug-likeness (QED) is 0.688. The molecule has 3 aliphatic rings. The van der Waals surface area contributed by atoms with Crippen LogP contribution in [0.4, 0.5) is 0 Å². The van der Waals surface area contributed by atoms with Gasteiger partial charge in [-0.2, -0.15) is 0 Å². The molecule has 3 aliphatic heterocycles. The zero-order valence-corrected chi connectivity index (χ0v) is 20.6. The molecule has 2 amide bonds. The van der Waals surface area contributed by atoms with Crippen molar-refractivity contribution in [3.8, 4) is 23.0 Å². The molecule has 1 saturated heterocycles. The molecular weight excluding hydrogens is 450 g/mol. The van der Waals surface area contributed by atoms with Crippen molar-refractivity contribution < 1.29 is 28.5 Å². The number of benzene rings is 2. The SMILES string of the molecule is COc1cc2cc(c1)C(=O)N[C@H]1CN(CC(C)C)C[C@@H]1Oc1ccc(c(OC)c1)CNC(=O)CO2. The molecule has 0 unspecified atom stereocenters. The molecule has 0 aromatic heterocycles. The third-order valence-corrected chi connectivity index (χ3v) is 6.05. The Labute approximate surface area is 205 Å². The molecule has 0 aliphatic carbocycles. The first-order valence-electron chi connectivity index (χ1n) is 11.8. The molecule has 188 valence electrons. The largest absolute Gasteiger partial charge is 0.497 e. The lowest BCUT2D eigenvalue weighted by Crippen LogP contribution is -2.45. The number of hydrogen-bond donors (Lipinski definition) is 2. The van der Waals surface area contributed by atoms with Gasteiger partial charge in [0.25, 0.3) is 11.8 Å². The number of likely N-dealkylation sites (tertiary alicyclic amines) is 1. The first-order valence-corrected chi connectivity index (χ1v) is 11.8. The van der Waals surface area contributed by atoms with Crippen molar-refractivity contribution >= 4 is 11.8 Å². The molecule has 0 saturated carbocycles. The van der Waals surface area contributed by atoms with Gasteiger partial charge in [0, 0.05) is 49.4 Å². The van der Waals surface area contributed by atoms with Crippen molar-refractivity contribution in [1.29, 1.82) is 0 Å². The standard InChI is InChI=1S/C26H33N3O6/c1-16(2)12-29-13-22-24(14-29)35-19-6-5-17(23(10-19)33-4)11-27-25(30)15-34-21-8-18(26(31)28-22)7-20(9-21)32-3/h5-10,16,22,24H,11-15H2,1-4H3,(H,27,30)(H,28,31)/t22-,24-/m0/s1. The van der Waals surface area contributed by atoms with Gasteiger partial charge in [0.05, 0.1) is 20.3 Å². The van der Waals surface area contributed by atoms with Gasteiger partial charge in [0.2, 0.25) is 0 Å². The maximum Gasteiger partial charge on any atom is 0.258 e. The highest BCUT2D eigenvalue weighted by Crippen LogP contribution is 2.28. The minimum Gasteiger partial charge on any atom is -0.497 e. The van der Waals surface area contributed by atoms with Gasteiger partial charge in [-0.05, 0) is 30.2 Å². The third-order valence-electron chi connectivity index (χ3n) is 6.05. The number of rotatable bonds is 4. The van der Waals surface area contributed by atoms with E-state index in [1.165, 1.54) is 7.11 Å². The molecule has 4 bridgehead atoms.